The van der Waals surface area contributed by atoms with E-state index in [4.69, 9.17) is 11.5 Å². The third kappa shape index (κ3) is 2.86. The van der Waals surface area contributed by atoms with E-state index in [1.54, 1.807) is 12.1 Å². The molecule has 0 aliphatic rings. The summed E-state index contributed by atoms with van der Waals surface area (Å²) in [4.78, 5) is 12.8. The zero-order valence-corrected chi connectivity index (χ0v) is 13.9. The van der Waals surface area contributed by atoms with E-state index in [1.165, 1.54) is 0 Å². The first-order valence-electron chi connectivity index (χ1n) is 6.09. The first kappa shape index (κ1) is 15.4. The largest absolute Gasteiger partial charge is 0.326 e. The fraction of sp³-hybridized carbons (Fsp3) is 0.133. The van der Waals surface area contributed by atoms with Crippen LogP contribution in [0.2, 0.25) is 0 Å². The second kappa shape index (κ2) is 6.63. The van der Waals surface area contributed by atoms with Crippen LogP contribution in [0.1, 0.15) is 27.0 Å². The highest BCUT2D eigenvalue weighted by atomic mass is 79.9. The van der Waals surface area contributed by atoms with Crippen LogP contribution in [0.4, 0.5) is 0 Å². The van der Waals surface area contributed by atoms with Gasteiger partial charge >= 0.3 is 0 Å². The van der Waals surface area contributed by atoms with Crippen molar-refractivity contribution in [1.29, 1.82) is 0 Å². The Morgan fingerprint density at radius 2 is 1.25 bits per heavy atom. The molecule has 0 atom stereocenters. The molecule has 2 aromatic rings. The van der Waals surface area contributed by atoms with Crippen molar-refractivity contribution in [2.45, 2.75) is 13.1 Å². The van der Waals surface area contributed by atoms with Gasteiger partial charge in [-0.05, 0) is 23.3 Å². The molecule has 0 spiro atoms. The molecule has 0 aliphatic carbocycles. The van der Waals surface area contributed by atoms with Gasteiger partial charge in [0.05, 0.1) is 0 Å². The Balaban J connectivity index is 2.58. The topological polar surface area (TPSA) is 69.1 Å². The maximum atomic E-state index is 12.8. The van der Waals surface area contributed by atoms with E-state index in [-0.39, 0.29) is 5.78 Å². The summed E-state index contributed by atoms with van der Waals surface area (Å²) in [5, 5.41) is 0. The number of nitrogens with two attached hydrogens (primary N) is 2. The normalized spacial score (nSPS) is 10.6. The molecule has 0 amide bonds. The standard InChI is InChI=1S/C15H14Br2N2O/c16-13-5-1-3-9(11(13)7-18)15(20)10-4-2-6-14(17)12(10)8-19/h1-6H,7-8,18-19H2. The monoisotopic (exact) mass is 396 g/mol. The minimum absolute atomic E-state index is 0.0616. The van der Waals surface area contributed by atoms with E-state index in [0.29, 0.717) is 24.2 Å². The summed E-state index contributed by atoms with van der Waals surface area (Å²) in [6, 6.07) is 11.0. The van der Waals surface area contributed by atoms with Crippen molar-refractivity contribution in [3.8, 4) is 0 Å². The molecule has 2 rings (SSSR count). The third-order valence-corrected chi connectivity index (χ3v) is 4.62. The van der Waals surface area contributed by atoms with Crippen LogP contribution in [0.15, 0.2) is 45.3 Å². The van der Waals surface area contributed by atoms with Crippen LogP contribution < -0.4 is 11.5 Å². The second-order valence-electron chi connectivity index (χ2n) is 4.27. The van der Waals surface area contributed by atoms with E-state index in [1.807, 2.05) is 24.3 Å². The Hall–Kier alpha value is -1.01. The summed E-state index contributed by atoms with van der Waals surface area (Å²) in [5.74, 6) is -0.0616. The maximum absolute atomic E-state index is 12.8. The molecule has 0 bridgehead atoms. The Morgan fingerprint density at radius 1 is 0.850 bits per heavy atom. The van der Waals surface area contributed by atoms with Crippen LogP contribution in [0.25, 0.3) is 0 Å². The molecule has 5 heteroatoms. The number of halogens is 2. The first-order valence-corrected chi connectivity index (χ1v) is 7.68. The van der Waals surface area contributed by atoms with E-state index < -0.39 is 0 Å². The van der Waals surface area contributed by atoms with Crippen molar-refractivity contribution in [1.82, 2.24) is 0 Å². The van der Waals surface area contributed by atoms with Gasteiger partial charge in [-0.25, -0.2) is 0 Å². The zero-order valence-electron chi connectivity index (χ0n) is 10.7. The average molecular weight is 398 g/mol. The number of ketones is 1. The molecule has 0 aromatic heterocycles. The van der Waals surface area contributed by atoms with Crippen molar-refractivity contribution >= 4 is 37.6 Å². The SMILES string of the molecule is NCc1c(Br)cccc1C(=O)c1cccc(Br)c1CN. The first-order chi connectivity index (χ1) is 9.60. The van der Waals surface area contributed by atoms with Gasteiger partial charge in [0, 0.05) is 33.2 Å². The predicted octanol–water partition coefficient (Wildman–Crippen LogP) is 3.36. The molecule has 0 saturated heterocycles. The molecule has 0 aliphatic heterocycles. The fourth-order valence-corrected chi connectivity index (χ4v) is 3.16. The highest BCUT2D eigenvalue weighted by Crippen LogP contribution is 2.26. The lowest BCUT2D eigenvalue weighted by atomic mass is 9.95. The quantitative estimate of drug-likeness (QED) is 0.777. The summed E-state index contributed by atoms with van der Waals surface area (Å²) in [7, 11) is 0. The summed E-state index contributed by atoms with van der Waals surface area (Å²) < 4.78 is 1.69. The van der Waals surface area contributed by atoms with E-state index in [9.17, 15) is 4.79 Å². The number of hydrogen-bond acceptors (Lipinski definition) is 3. The molecular formula is C15H14Br2N2O. The molecule has 2 aromatic carbocycles. The van der Waals surface area contributed by atoms with Gasteiger partial charge in [-0.2, -0.15) is 0 Å². The third-order valence-electron chi connectivity index (χ3n) is 3.14. The lowest BCUT2D eigenvalue weighted by molar-refractivity contribution is 0.103. The van der Waals surface area contributed by atoms with Crippen molar-refractivity contribution in [3.05, 3.63) is 67.6 Å². The van der Waals surface area contributed by atoms with E-state index >= 15 is 0 Å². The van der Waals surface area contributed by atoms with Gasteiger partial charge in [0.25, 0.3) is 0 Å². The Morgan fingerprint density at radius 3 is 1.60 bits per heavy atom. The van der Waals surface area contributed by atoms with Crippen LogP contribution in [-0.2, 0) is 13.1 Å². The molecule has 0 unspecified atom stereocenters. The van der Waals surface area contributed by atoms with Crippen molar-refractivity contribution in [3.63, 3.8) is 0 Å². The van der Waals surface area contributed by atoms with Crippen LogP contribution in [0, 0.1) is 0 Å². The van der Waals surface area contributed by atoms with E-state index in [0.717, 1.165) is 20.1 Å². The van der Waals surface area contributed by atoms with Crippen molar-refractivity contribution in [2.75, 3.05) is 0 Å². The van der Waals surface area contributed by atoms with E-state index in [2.05, 4.69) is 31.9 Å². The predicted molar refractivity (Wildman–Crippen MR) is 87.5 cm³/mol. The van der Waals surface area contributed by atoms with Crippen LogP contribution in [-0.4, -0.2) is 5.78 Å². The molecule has 3 nitrogen and oxygen atoms in total. The minimum Gasteiger partial charge on any atom is -0.326 e. The Labute approximate surface area is 134 Å². The highest BCUT2D eigenvalue weighted by Gasteiger charge is 2.18. The van der Waals surface area contributed by atoms with Gasteiger partial charge in [-0.15, -0.1) is 0 Å². The molecule has 20 heavy (non-hydrogen) atoms. The summed E-state index contributed by atoms with van der Waals surface area (Å²) in [6.45, 7) is 0.600. The molecule has 104 valence electrons. The summed E-state index contributed by atoms with van der Waals surface area (Å²) >= 11 is 6.86. The number of carbonyl (C=O) groups excluding carboxylic acids is 1. The molecule has 0 saturated carbocycles. The minimum atomic E-state index is -0.0616. The zero-order chi connectivity index (χ0) is 14.7. The van der Waals surface area contributed by atoms with Gasteiger partial charge in [-0.1, -0.05) is 56.1 Å². The molecule has 0 heterocycles. The molecule has 0 radical (unpaired) electrons. The average Bonchev–Trinajstić information content (AvgIpc) is 2.46. The van der Waals surface area contributed by atoms with Gasteiger partial charge in [0.1, 0.15) is 0 Å². The van der Waals surface area contributed by atoms with Gasteiger partial charge < -0.3 is 11.5 Å². The highest BCUT2D eigenvalue weighted by molar-refractivity contribution is 9.10. The van der Waals surface area contributed by atoms with Gasteiger partial charge in [-0.3, -0.25) is 4.79 Å². The van der Waals surface area contributed by atoms with Crippen molar-refractivity contribution in [2.24, 2.45) is 11.5 Å². The Kier molecular flexibility index (Phi) is 5.10. The number of hydrogen-bond donors (Lipinski definition) is 2. The van der Waals surface area contributed by atoms with Crippen molar-refractivity contribution < 1.29 is 4.79 Å². The maximum Gasteiger partial charge on any atom is 0.193 e. The number of carbonyl (C=O) groups is 1. The number of benzene rings is 2. The summed E-state index contributed by atoms with van der Waals surface area (Å²) in [5.41, 5.74) is 14.3. The molecular weight excluding hydrogens is 384 g/mol. The van der Waals surface area contributed by atoms with Crippen LogP contribution >= 0.6 is 31.9 Å². The van der Waals surface area contributed by atoms with Gasteiger partial charge in [0.15, 0.2) is 5.78 Å². The molecule has 0 fully saturated rings. The van der Waals surface area contributed by atoms with Crippen LogP contribution in [0.5, 0.6) is 0 Å². The lowest BCUT2D eigenvalue weighted by Crippen LogP contribution is -2.13. The summed E-state index contributed by atoms with van der Waals surface area (Å²) in [6.07, 6.45) is 0. The second-order valence-corrected chi connectivity index (χ2v) is 5.98. The molecule has 4 N–H and O–H groups in total. The van der Waals surface area contributed by atoms with Crippen LogP contribution in [0.3, 0.4) is 0 Å². The van der Waals surface area contributed by atoms with Gasteiger partial charge in [0.2, 0.25) is 0 Å². The fourth-order valence-electron chi connectivity index (χ4n) is 2.10. The number of rotatable bonds is 4. The smallest absolute Gasteiger partial charge is 0.193 e. The Bertz CT molecular complexity index is 601. The lowest BCUT2D eigenvalue weighted by Gasteiger charge is -2.12.